The monoisotopic (exact) mass is 327 g/mol. The van der Waals surface area contributed by atoms with Crippen molar-refractivity contribution in [2.24, 2.45) is 11.8 Å². The molecular formula is C18H27Cl2N. The van der Waals surface area contributed by atoms with Crippen LogP contribution in [-0.4, -0.2) is 6.04 Å². The average molecular weight is 328 g/mol. The summed E-state index contributed by atoms with van der Waals surface area (Å²) >= 11 is 12.3. The van der Waals surface area contributed by atoms with E-state index in [2.05, 4.69) is 26.1 Å². The van der Waals surface area contributed by atoms with Gasteiger partial charge >= 0.3 is 0 Å². The highest BCUT2D eigenvalue weighted by molar-refractivity contribution is 6.35. The lowest BCUT2D eigenvalue weighted by Crippen LogP contribution is -2.31. The lowest BCUT2D eigenvalue weighted by Gasteiger charge is -2.23. The Labute approximate surface area is 139 Å². The third-order valence-corrected chi connectivity index (χ3v) is 5.43. The average Bonchev–Trinajstić information content (AvgIpc) is 2.64. The molecule has 1 aliphatic rings. The largest absolute Gasteiger partial charge is 0.307 e. The summed E-state index contributed by atoms with van der Waals surface area (Å²) in [5.41, 5.74) is 1.14. The maximum atomic E-state index is 6.31. The van der Waals surface area contributed by atoms with E-state index >= 15 is 0 Å². The van der Waals surface area contributed by atoms with Crippen molar-refractivity contribution in [2.75, 3.05) is 0 Å². The van der Waals surface area contributed by atoms with Crippen molar-refractivity contribution in [3.63, 3.8) is 0 Å². The summed E-state index contributed by atoms with van der Waals surface area (Å²) in [4.78, 5) is 0. The fraction of sp³-hybridized carbons (Fsp3) is 0.667. The second kappa shape index (κ2) is 7.85. The Kier molecular flexibility index (Phi) is 6.40. The van der Waals surface area contributed by atoms with Gasteiger partial charge in [0, 0.05) is 22.1 Å². The van der Waals surface area contributed by atoms with Crippen molar-refractivity contribution in [3.05, 3.63) is 33.8 Å². The second-order valence-corrected chi connectivity index (χ2v) is 7.61. The van der Waals surface area contributed by atoms with Gasteiger partial charge in [0.25, 0.3) is 0 Å². The molecule has 118 valence electrons. The fourth-order valence-corrected chi connectivity index (χ4v) is 4.03. The highest BCUT2D eigenvalue weighted by atomic mass is 35.5. The summed E-state index contributed by atoms with van der Waals surface area (Å²) in [7, 11) is 0. The molecule has 1 aromatic rings. The predicted molar refractivity (Wildman–Crippen MR) is 93.2 cm³/mol. The second-order valence-electron chi connectivity index (χ2n) is 6.76. The van der Waals surface area contributed by atoms with Gasteiger partial charge in [-0.1, -0.05) is 56.0 Å². The third kappa shape index (κ3) is 4.87. The van der Waals surface area contributed by atoms with Crippen molar-refractivity contribution < 1.29 is 0 Å². The number of rotatable bonds is 4. The summed E-state index contributed by atoms with van der Waals surface area (Å²) in [6, 6.07) is 6.67. The minimum Gasteiger partial charge on any atom is -0.307 e. The molecule has 0 radical (unpaired) electrons. The van der Waals surface area contributed by atoms with Crippen molar-refractivity contribution in [2.45, 2.75) is 65.0 Å². The Hall–Kier alpha value is -0.240. The van der Waals surface area contributed by atoms with E-state index in [-0.39, 0.29) is 6.04 Å². The van der Waals surface area contributed by atoms with Gasteiger partial charge in [-0.25, -0.2) is 0 Å². The number of hydrogen-bond donors (Lipinski definition) is 1. The molecule has 3 heteroatoms. The molecule has 0 saturated heterocycles. The molecule has 3 unspecified atom stereocenters. The minimum atomic E-state index is 0.273. The molecule has 0 heterocycles. The zero-order chi connectivity index (χ0) is 15.4. The van der Waals surface area contributed by atoms with E-state index in [4.69, 9.17) is 23.2 Å². The van der Waals surface area contributed by atoms with Crippen LogP contribution in [0.1, 0.15) is 64.5 Å². The van der Waals surface area contributed by atoms with Crippen LogP contribution in [0.3, 0.4) is 0 Å². The van der Waals surface area contributed by atoms with E-state index in [1.54, 1.807) is 0 Å². The van der Waals surface area contributed by atoms with Gasteiger partial charge in [-0.15, -0.1) is 0 Å². The molecule has 1 N–H and O–H groups in total. The van der Waals surface area contributed by atoms with Gasteiger partial charge in [0.1, 0.15) is 0 Å². The number of nitrogens with one attached hydrogen (secondary N) is 1. The van der Waals surface area contributed by atoms with Crippen molar-refractivity contribution >= 4 is 23.2 Å². The van der Waals surface area contributed by atoms with Crippen LogP contribution in [0, 0.1) is 11.8 Å². The summed E-state index contributed by atoms with van der Waals surface area (Å²) in [5.74, 6) is 1.71. The molecule has 1 fully saturated rings. The normalized spacial score (nSPS) is 24.9. The van der Waals surface area contributed by atoms with E-state index in [1.165, 1.54) is 32.1 Å². The van der Waals surface area contributed by atoms with Gasteiger partial charge in [0.05, 0.1) is 0 Å². The van der Waals surface area contributed by atoms with Gasteiger partial charge in [0.15, 0.2) is 0 Å². The number of halogens is 2. The lowest BCUT2D eigenvalue weighted by atomic mass is 9.89. The first-order chi connectivity index (χ1) is 9.97. The molecule has 21 heavy (non-hydrogen) atoms. The molecule has 1 aromatic carbocycles. The number of benzene rings is 1. The zero-order valence-electron chi connectivity index (χ0n) is 13.3. The Bertz CT molecular complexity index is 459. The predicted octanol–water partition coefficient (Wildman–Crippen LogP) is 6.25. The quantitative estimate of drug-likeness (QED) is 0.644. The Morgan fingerprint density at radius 2 is 1.81 bits per heavy atom. The first kappa shape index (κ1) is 17.1. The van der Waals surface area contributed by atoms with Gasteiger partial charge in [0.2, 0.25) is 0 Å². The molecule has 0 aliphatic heterocycles. The van der Waals surface area contributed by atoms with Gasteiger partial charge < -0.3 is 5.32 Å². The van der Waals surface area contributed by atoms with Crippen LogP contribution in [0.15, 0.2) is 18.2 Å². The summed E-state index contributed by atoms with van der Waals surface area (Å²) in [6.45, 7) is 6.91. The summed E-state index contributed by atoms with van der Waals surface area (Å²) in [5, 5.41) is 5.23. The maximum Gasteiger partial charge on any atom is 0.0468 e. The van der Waals surface area contributed by atoms with Crippen LogP contribution in [0.2, 0.25) is 10.0 Å². The molecule has 0 bridgehead atoms. The van der Waals surface area contributed by atoms with E-state index < -0.39 is 0 Å². The SMILES string of the molecule is CC(NC1CCCC(C(C)C)CC1)c1ccc(Cl)cc1Cl. The topological polar surface area (TPSA) is 12.0 Å². The lowest BCUT2D eigenvalue weighted by molar-refractivity contribution is 0.335. The summed E-state index contributed by atoms with van der Waals surface area (Å²) in [6.07, 6.45) is 6.61. The molecule has 3 atom stereocenters. The van der Waals surface area contributed by atoms with Crippen LogP contribution in [0.5, 0.6) is 0 Å². The highest BCUT2D eigenvalue weighted by Crippen LogP contribution is 2.31. The molecule has 0 spiro atoms. The molecule has 0 aromatic heterocycles. The van der Waals surface area contributed by atoms with E-state index in [0.717, 1.165) is 22.4 Å². The van der Waals surface area contributed by atoms with Crippen LogP contribution in [0.4, 0.5) is 0 Å². The van der Waals surface area contributed by atoms with Crippen LogP contribution < -0.4 is 5.32 Å². The molecule has 2 rings (SSSR count). The highest BCUT2D eigenvalue weighted by Gasteiger charge is 2.22. The van der Waals surface area contributed by atoms with Gasteiger partial charge in [-0.2, -0.15) is 0 Å². The molecular weight excluding hydrogens is 301 g/mol. The maximum absolute atomic E-state index is 6.31. The smallest absolute Gasteiger partial charge is 0.0468 e. The minimum absolute atomic E-state index is 0.273. The first-order valence-electron chi connectivity index (χ1n) is 8.18. The van der Waals surface area contributed by atoms with Crippen LogP contribution in [0.25, 0.3) is 0 Å². The van der Waals surface area contributed by atoms with Crippen LogP contribution >= 0.6 is 23.2 Å². The van der Waals surface area contributed by atoms with Gasteiger partial charge in [-0.3, -0.25) is 0 Å². The zero-order valence-corrected chi connectivity index (χ0v) is 14.8. The Morgan fingerprint density at radius 3 is 2.48 bits per heavy atom. The van der Waals surface area contributed by atoms with E-state index in [9.17, 15) is 0 Å². The van der Waals surface area contributed by atoms with Crippen molar-refractivity contribution in [3.8, 4) is 0 Å². The third-order valence-electron chi connectivity index (χ3n) is 4.87. The number of hydrogen-bond acceptors (Lipinski definition) is 1. The van der Waals surface area contributed by atoms with Crippen molar-refractivity contribution in [1.82, 2.24) is 5.32 Å². The molecule has 1 saturated carbocycles. The Balaban J connectivity index is 1.94. The van der Waals surface area contributed by atoms with Gasteiger partial charge in [-0.05, 0) is 55.7 Å². The standard InChI is InChI=1S/C18H27Cl2N/c1-12(2)14-5-4-6-16(9-7-14)21-13(3)17-10-8-15(19)11-18(17)20/h8,10-14,16,21H,4-7,9H2,1-3H3. The van der Waals surface area contributed by atoms with E-state index in [0.29, 0.717) is 11.1 Å². The molecule has 1 aliphatic carbocycles. The Morgan fingerprint density at radius 1 is 1.05 bits per heavy atom. The van der Waals surface area contributed by atoms with Crippen molar-refractivity contribution in [1.29, 1.82) is 0 Å². The summed E-state index contributed by atoms with van der Waals surface area (Å²) < 4.78 is 0. The van der Waals surface area contributed by atoms with Crippen LogP contribution in [-0.2, 0) is 0 Å². The fourth-order valence-electron chi connectivity index (χ4n) is 3.46. The molecule has 1 nitrogen and oxygen atoms in total. The first-order valence-corrected chi connectivity index (χ1v) is 8.94. The van der Waals surface area contributed by atoms with E-state index in [1.807, 2.05) is 18.2 Å². The molecule has 0 amide bonds.